The van der Waals surface area contributed by atoms with Gasteiger partial charge < -0.3 is 5.32 Å². The number of aliphatic imine (C=N–C) groups is 1. The van der Waals surface area contributed by atoms with Crippen LogP contribution in [0.25, 0.3) is 0 Å². The fraction of sp³-hybridized carbons (Fsp3) is 0.143. The van der Waals surface area contributed by atoms with Crippen LogP contribution in [0.2, 0.25) is 0 Å². The highest BCUT2D eigenvalue weighted by Gasteiger charge is 2.26. The summed E-state index contributed by atoms with van der Waals surface area (Å²) in [5, 5.41) is 3.30. The van der Waals surface area contributed by atoms with Crippen molar-refractivity contribution >= 4 is 6.34 Å². The minimum Gasteiger partial charge on any atom is -0.367 e. The third-order valence-corrected chi connectivity index (χ3v) is 2.99. The third kappa shape index (κ3) is 1.91. The maximum absolute atomic E-state index is 4.49. The zero-order valence-electron chi connectivity index (χ0n) is 9.32. The molecule has 0 saturated carbocycles. The van der Waals surface area contributed by atoms with Gasteiger partial charge in [-0.3, -0.25) is 9.98 Å². The molecule has 2 aromatic rings. The highest BCUT2D eigenvalue weighted by atomic mass is 15.1. The molecule has 0 spiro atoms. The lowest BCUT2D eigenvalue weighted by Gasteiger charge is -2.18. The second-order valence-corrected chi connectivity index (χ2v) is 4.06. The Morgan fingerprint density at radius 3 is 2.53 bits per heavy atom. The first-order valence-corrected chi connectivity index (χ1v) is 5.68. The van der Waals surface area contributed by atoms with Crippen LogP contribution in [-0.2, 0) is 0 Å². The Morgan fingerprint density at radius 1 is 0.941 bits per heavy atom. The molecular formula is C14H13N3. The third-order valence-electron chi connectivity index (χ3n) is 2.99. The van der Waals surface area contributed by atoms with Gasteiger partial charge in [-0.15, -0.1) is 0 Å². The highest BCUT2D eigenvalue weighted by Crippen LogP contribution is 2.33. The molecule has 1 aromatic carbocycles. The molecule has 1 aliphatic rings. The average Bonchev–Trinajstić information content (AvgIpc) is 2.90. The molecule has 0 aliphatic carbocycles. The number of hydrogen-bond donors (Lipinski definition) is 1. The van der Waals surface area contributed by atoms with Crippen LogP contribution in [0, 0.1) is 0 Å². The number of nitrogens with one attached hydrogen (secondary N) is 1. The molecule has 0 amide bonds. The standard InChI is InChI=1S/C14H13N3/c1-2-5-11(6-3-1)13-14(17-10-16-13)12-7-4-8-15-9-12/h1-10,13-14H,(H,16,17)/t13-,14+/m0/s1. The topological polar surface area (TPSA) is 37.3 Å². The highest BCUT2D eigenvalue weighted by molar-refractivity contribution is 5.60. The van der Waals surface area contributed by atoms with Crippen molar-refractivity contribution in [3.8, 4) is 0 Å². The van der Waals surface area contributed by atoms with Crippen LogP contribution in [0.3, 0.4) is 0 Å². The summed E-state index contributed by atoms with van der Waals surface area (Å²) in [6.45, 7) is 0. The van der Waals surface area contributed by atoms with Crippen molar-refractivity contribution in [2.75, 3.05) is 0 Å². The molecule has 1 aliphatic heterocycles. The molecule has 0 saturated heterocycles. The maximum Gasteiger partial charge on any atom is 0.102 e. The molecule has 3 nitrogen and oxygen atoms in total. The smallest absolute Gasteiger partial charge is 0.102 e. The number of benzene rings is 1. The fourth-order valence-electron chi connectivity index (χ4n) is 2.15. The van der Waals surface area contributed by atoms with E-state index in [1.807, 2.05) is 18.3 Å². The van der Waals surface area contributed by atoms with E-state index >= 15 is 0 Å². The van der Waals surface area contributed by atoms with Gasteiger partial charge in [0, 0.05) is 12.4 Å². The van der Waals surface area contributed by atoms with Crippen molar-refractivity contribution in [2.24, 2.45) is 4.99 Å². The zero-order valence-corrected chi connectivity index (χ0v) is 9.32. The summed E-state index contributed by atoms with van der Waals surface area (Å²) in [5.41, 5.74) is 2.39. The first-order valence-electron chi connectivity index (χ1n) is 5.68. The predicted octanol–water partition coefficient (Wildman–Crippen LogP) is 2.50. The molecule has 2 heterocycles. The van der Waals surface area contributed by atoms with E-state index in [1.165, 1.54) is 5.56 Å². The molecule has 17 heavy (non-hydrogen) atoms. The SMILES string of the molecule is C1=N[C@H](c2cccnc2)[C@H](c2ccccc2)N1. The molecule has 0 unspecified atom stereocenters. The van der Waals surface area contributed by atoms with Crippen LogP contribution in [0.4, 0.5) is 0 Å². The van der Waals surface area contributed by atoms with Crippen LogP contribution >= 0.6 is 0 Å². The summed E-state index contributed by atoms with van der Waals surface area (Å²) in [4.78, 5) is 8.64. The van der Waals surface area contributed by atoms with E-state index in [9.17, 15) is 0 Å². The van der Waals surface area contributed by atoms with Crippen LogP contribution < -0.4 is 5.32 Å². The van der Waals surface area contributed by atoms with Gasteiger partial charge in [0.2, 0.25) is 0 Å². The number of pyridine rings is 1. The van der Waals surface area contributed by atoms with Gasteiger partial charge in [-0.05, 0) is 17.2 Å². The summed E-state index contributed by atoms with van der Waals surface area (Å²) in [6.07, 6.45) is 5.45. The van der Waals surface area contributed by atoms with Crippen LogP contribution in [0.5, 0.6) is 0 Å². The van der Waals surface area contributed by atoms with Gasteiger partial charge in [0.1, 0.15) is 6.04 Å². The summed E-state index contributed by atoms with van der Waals surface area (Å²) >= 11 is 0. The lowest BCUT2D eigenvalue weighted by atomic mass is 9.96. The van der Waals surface area contributed by atoms with E-state index in [-0.39, 0.29) is 12.1 Å². The second-order valence-electron chi connectivity index (χ2n) is 4.06. The first kappa shape index (κ1) is 10.0. The van der Waals surface area contributed by atoms with Crippen LogP contribution in [0.1, 0.15) is 23.2 Å². The van der Waals surface area contributed by atoms with Crippen molar-refractivity contribution in [1.82, 2.24) is 10.3 Å². The van der Waals surface area contributed by atoms with E-state index in [4.69, 9.17) is 0 Å². The Balaban J connectivity index is 1.93. The summed E-state index contributed by atoms with van der Waals surface area (Å²) in [5.74, 6) is 0. The van der Waals surface area contributed by atoms with E-state index in [1.54, 1.807) is 12.5 Å². The van der Waals surface area contributed by atoms with Crippen molar-refractivity contribution in [3.05, 3.63) is 66.0 Å². The second kappa shape index (κ2) is 4.37. The van der Waals surface area contributed by atoms with Crippen molar-refractivity contribution in [1.29, 1.82) is 0 Å². The largest absolute Gasteiger partial charge is 0.367 e. The molecule has 0 bridgehead atoms. The molecule has 1 aromatic heterocycles. The summed E-state index contributed by atoms with van der Waals surface area (Å²) in [7, 11) is 0. The molecular weight excluding hydrogens is 210 g/mol. The number of nitrogens with zero attached hydrogens (tertiary/aromatic N) is 2. The van der Waals surface area contributed by atoms with E-state index in [2.05, 4.69) is 45.6 Å². The van der Waals surface area contributed by atoms with E-state index < -0.39 is 0 Å². The molecule has 84 valence electrons. The monoisotopic (exact) mass is 223 g/mol. The van der Waals surface area contributed by atoms with Crippen molar-refractivity contribution < 1.29 is 0 Å². The van der Waals surface area contributed by atoms with Gasteiger partial charge in [0.15, 0.2) is 0 Å². The number of rotatable bonds is 2. The molecule has 1 N–H and O–H groups in total. The van der Waals surface area contributed by atoms with E-state index in [0.717, 1.165) is 5.56 Å². The van der Waals surface area contributed by atoms with Gasteiger partial charge in [-0.25, -0.2) is 0 Å². The van der Waals surface area contributed by atoms with E-state index in [0.29, 0.717) is 0 Å². The Hall–Kier alpha value is -2.16. The van der Waals surface area contributed by atoms with Crippen molar-refractivity contribution in [2.45, 2.75) is 12.1 Å². The van der Waals surface area contributed by atoms with Gasteiger partial charge in [-0.1, -0.05) is 36.4 Å². The Bertz CT molecular complexity index is 508. The Morgan fingerprint density at radius 2 is 1.76 bits per heavy atom. The van der Waals surface area contributed by atoms with Gasteiger partial charge in [0.25, 0.3) is 0 Å². The Labute approximate surface area is 100 Å². The van der Waals surface area contributed by atoms with Gasteiger partial charge in [-0.2, -0.15) is 0 Å². The lowest BCUT2D eigenvalue weighted by molar-refractivity contribution is 0.572. The molecule has 3 rings (SSSR count). The minimum absolute atomic E-state index is 0.117. The predicted molar refractivity (Wildman–Crippen MR) is 67.8 cm³/mol. The summed E-state index contributed by atoms with van der Waals surface area (Å²) in [6, 6.07) is 14.7. The summed E-state index contributed by atoms with van der Waals surface area (Å²) < 4.78 is 0. The van der Waals surface area contributed by atoms with Crippen LogP contribution in [-0.4, -0.2) is 11.3 Å². The minimum atomic E-state index is 0.117. The number of aromatic nitrogens is 1. The van der Waals surface area contributed by atoms with Gasteiger partial charge >= 0.3 is 0 Å². The molecule has 2 atom stereocenters. The number of hydrogen-bond acceptors (Lipinski definition) is 3. The maximum atomic E-state index is 4.49. The normalized spacial score (nSPS) is 22.4. The van der Waals surface area contributed by atoms with Gasteiger partial charge in [0.05, 0.1) is 12.4 Å². The van der Waals surface area contributed by atoms with Crippen LogP contribution in [0.15, 0.2) is 59.9 Å². The fourth-order valence-corrected chi connectivity index (χ4v) is 2.15. The first-order chi connectivity index (χ1) is 8.45. The molecule has 0 fully saturated rings. The molecule has 3 heteroatoms. The van der Waals surface area contributed by atoms with Crippen molar-refractivity contribution in [3.63, 3.8) is 0 Å². The Kier molecular flexibility index (Phi) is 2.58. The lowest BCUT2D eigenvalue weighted by Crippen LogP contribution is -2.18. The quantitative estimate of drug-likeness (QED) is 0.849. The zero-order chi connectivity index (χ0) is 11.5. The molecule has 0 radical (unpaired) electrons. The average molecular weight is 223 g/mol.